The fourth-order valence-electron chi connectivity index (χ4n) is 4.12. The second-order valence-corrected chi connectivity index (χ2v) is 8.20. The minimum absolute atomic E-state index is 0. The molecule has 1 aliphatic heterocycles. The van der Waals surface area contributed by atoms with E-state index in [-0.39, 0.29) is 30.1 Å². The molecule has 2 unspecified atom stereocenters. The predicted octanol–water partition coefficient (Wildman–Crippen LogP) is 4.53. The van der Waals surface area contributed by atoms with Crippen molar-refractivity contribution in [2.75, 3.05) is 26.2 Å². The van der Waals surface area contributed by atoms with Crippen LogP contribution >= 0.6 is 24.0 Å². The quantitative estimate of drug-likeness (QED) is 0.259. The number of nitrogens with zero attached hydrogens (tertiary/aromatic N) is 3. The van der Waals surface area contributed by atoms with Gasteiger partial charge in [0.15, 0.2) is 5.96 Å². The predicted molar refractivity (Wildman–Crippen MR) is 141 cm³/mol. The summed E-state index contributed by atoms with van der Waals surface area (Å²) < 4.78 is 8.21. The van der Waals surface area contributed by atoms with Crippen LogP contribution < -0.4 is 10.6 Å². The molecule has 0 amide bonds. The fourth-order valence-corrected chi connectivity index (χ4v) is 4.12. The number of nitrogens with one attached hydrogen (secondary N) is 2. The summed E-state index contributed by atoms with van der Waals surface area (Å²) in [6.07, 6.45) is 7.33. The van der Waals surface area contributed by atoms with E-state index in [1.807, 2.05) is 24.4 Å². The van der Waals surface area contributed by atoms with E-state index in [0.29, 0.717) is 5.92 Å². The number of halogens is 1. The zero-order valence-electron chi connectivity index (χ0n) is 19.0. The van der Waals surface area contributed by atoms with Crippen molar-refractivity contribution in [1.82, 2.24) is 20.0 Å². The highest BCUT2D eigenvalue weighted by atomic mass is 127. The van der Waals surface area contributed by atoms with Crippen molar-refractivity contribution in [1.29, 1.82) is 0 Å². The molecule has 2 atom stereocenters. The standard InChI is InChI=1S/C25H33N5O.HI/c1-3-26-25(27-14-13-22-18-30-15-5-4-8-23(30)29-22)28-17-21-7-6-16-31-24(21)20-11-9-19(2)10-12-20;/h4-5,8-12,15,18,21,24H,3,6-7,13-14,16-17H2,1-2H3,(H2,26,27,28);1H. The molecular formula is C25H34IN5O. The summed E-state index contributed by atoms with van der Waals surface area (Å²) in [5, 5.41) is 6.83. The molecular weight excluding hydrogens is 513 g/mol. The van der Waals surface area contributed by atoms with E-state index >= 15 is 0 Å². The summed E-state index contributed by atoms with van der Waals surface area (Å²) in [6.45, 7) is 7.42. The maximum atomic E-state index is 6.16. The Morgan fingerprint density at radius 1 is 1.19 bits per heavy atom. The van der Waals surface area contributed by atoms with Crippen LogP contribution in [0.5, 0.6) is 0 Å². The van der Waals surface area contributed by atoms with Crippen molar-refractivity contribution in [2.24, 2.45) is 10.9 Å². The highest BCUT2D eigenvalue weighted by molar-refractivity contribution is 14.0. The summed E-state index contributed by atoms with van der Waals surface area (Å²) in [6, 6.07) is 14.8. The SMILES string of the molecule is CCNC(=NCC1CCCOC1c1ccc(C)cc1)NCCc1cn2ccccc2n1.I. The second-order valence-electron chi connectivity index (χ2n) is 8.20. The van der Waals surface area contributed by atoms with Crippen LogP contribution in [0.2, 0.25) is 0 Å². The number of hydrogen-bond donors (Lipinski definition) is 2. The van der Waals surface area contributed by atoms with Crippen LogP contribution in [0.25, 0.3) is 5.65 Å². The Hall–Kier alpha value is -2.13. The fraction of sp³-hybridized carbons (Fsp3) is 0.440. The smallest absolute Gasteiger partial charge is 0.191 e. The van der Waals surface area contributed by atoms with Gasteiger partial charge in [-0.15, -0.1) is 24.0 Å². The van der Waals surface area contributed by atoms with Crippen molar-refractivity contribution in [2.45, 2.75) is 39.2 Å². The monoisotopic (exact) mass is 547 g/mol. The Bertz CT molecular complexity index is 968. The molecule has 7 heteroatoms. The largest absolute Gasteiger partial charge is 0.373 e. The van der Waals surface area contributed by atoms with E-state index in [1.165, 1.54) is 11.1 Å². The minimum atomic E-state index is 0. The average Bonchev–Trinajstić information content (AvgIpc) is 3.21. The number of aliphatic imine (C=N–C) groups is 1. The first kappa shape index (κ1) is 24.5. The highest BCUT2D eigenvalue weighted by Gasteiger charge is 2.27. The van der Waals surface area contributed by atoms with Gasteiger partial charge in [0.2, 0.25) is 0 Å². The van der Waals surface area contributed by atoms with Crippen LogP contribution in [0.1, 0.15) is 42.7 Å². The first-order valence-electron chi connectivity index (χ1n) is 11.4. The molecule has 1 saturated heterocycles. The van der Waals surface area contributed by atoms with Crippen LogP contribution in [0, 0.1) is 12.8 Å². The Labute approximate surface area is 207 Å². The Kier molecular flexibility index (Phi) is 9.35. The van der Waals surface area contributed by atoms with E-state index in [0.717, 1.165) is 62.8 Å². The lowest BCUT2D eigenvalue weighted by molar-refractivity contribution is -0.0250. The Morgan fingerprint density at radius 2 is 2.03 bits per heavy atom. The van der Waals surface area contributed by atoms with Crippen LogP contribution in [0.3, 0.4) is 0 Å². The third-order valence-corrected chi connectivity index (χ3v) is 5.77. The van der Waals surface area contributed by atoms with Crippen molar-refractivity contribution in [3.05, 3.63) is 71.7 Å². The number of benzene rings is 1. The number of rotatable bonds is 7. The molecule has 6 nitrogen and oxygen atoms in total. The molecule has 1 fully saturated rings. The van der Waals surface area contributed by atoms with Crippen LogP contribution in [-0.4, -0.2) is 41.6 Å². The lowest BCUT2D eigenvalue weighted by Gasteiger charge is -2.31. The Morgan fingerprint density at radius 3 is 2.81 bits per heavy atom. The number of imidazole rings is 1. The molecule has 3 aromatic rings. The van der Waals surface area contributed by atoms with Gasteiger partial charge in [-0.25, -0.2) is 4.98 Å². The maximum Gasteiger partial charge on any atom is 0.191 e. The van der Waals surface area contributed by atoms with Crippen molar-refractivity contribution in [3.63, 3.8) is 0 Å². The summed E-state index contributed by atoms with van der Waals surface area (Å²) in [5.74, 6) is 1.25. The van der Waals surface area contributed by atoms with Gasteiger partial charge in [0, 0.05) is 51.0 Å². The highest BCUT2D eigenvalue weighted by Crippen LogP contribution is 2.33. The lowest BCUT2D eigenvalue weighted by Crippen LogP contribution is -2.39. The number of aryl methyl sites for hydroxylation is 1. The number of ether oxygens (including phenoxy) is 1. The van der Waals surface area contributed by atoms with Crippen LogP contribution in [0.15, 0.2) is 59.9 Å². The van der Waals surface area contributed by atoms with E-state index in [9.17, 15) is 0 Å². The molecule has 0 radical (unpaired) electrons. The van der Waals surface area contributed by atoms with E-state index in [4.69, 9.17) is 9.73 Å². The second kappa shape index (κ2) is 12.2. The molecule has 172 valence electrons. The summed E-state index contributed by atoms with van der Waals surface area (Å²) in [4.78, 5) is 9.56. The van der Waals surface area contributed by atoms with Gasteiger partial charge in [-0.05, 0) is 44.4 Å². The Balaban J connectivity index is 0.00000289. The van der Waals surface area contributed by atoms with Crippen molar-refractivity contribution >= 4 is 35.6 Å². The molecule has 1 aliphatic rings. The van der Waals surface area contributed by atoms with E-state index in [2.05, 4.69) is 64.3 Å². The molecule has 2 aromatic heterocycles. The summed E-state index contributed by atoms with van der Waals surface area (Å²) in [7, 11) is 0. The topological polar surface area (TPSA) is 63.0 Å². The zero-order valence-corrected chi connectivity index (χ0v) is 21.3. The first-order valence-corrected chi connectivity index (χ1v) is 11.4. The normalized spacial score (nSPS) is 18.9. The number of fused-ring (bicyclic) bond motifs is 1. The van der Waals surface area contributed by atoms with Gasteiger partial charge in [0.25, 0.3) is 0 Å². The molecule has 1 aromatic carbocycles. The molecule has 0 aliphatic carbocycles. The maximum absolute atomic E-state index is 6.16. The number of hydrogen-bond acceptors (Lipinski definition) is 3. The van der Waals surface area contributed by atoms with Crippen LogP contribution in [0.4, 0.5) is 0 Å². The number of guanidine groups is 1. The van der Waals surface area contributed by atoms with Gasteiger partial charge in [-0.3, -0.25) is 4.99 Å². The van der Waals surface area contributed by atoms with Crippen molar-refractivity contribution in [3.8, 4) is 0 Å². The third kappa shape index (κ3) is 6.45. The molecule has 2 N–H and O–H groups in total. The number of aromatic nitrogens is 2. The summed E-state index contributed by atoms with van der Waals surface area (Å²) >= 11 is 0. The van der Waals surface area contributed by atoms with E-state index < -0.39 is 0 Å². The molecule has 0 spiro atoms. The average molecular weight is 547 g/mol. The van der Waals surface area contributed by atoms with Crippen molar-refractivity contribution < 1.29 is 4.74 Å². The molecule has 3 heterocycles. The number of pyridine rings is 1. The third-order valence-electron chi connectivity index (χ3n) is 5.77. The van der Waals surface area contributed by atoms with Gasteiger partial charge in [0.1, 0.15) is 5.65 Å². The van der Waals surface area contributed by atoms with E-state index in [1.54, 1.807) is 0 Å². The van der Waals surface area contributed by atoms with Gasteiger partial charge in [-0.1, -0.05) is 35.9 Å². The molecule has 32 heavy (non-hydrogen) atoms. The van der Waals surface area contributed by atoms with Crippen LogP contribution in [-0.2, 0) is 11.2 Å². The minimum Gasteiger partial charge on any atom is -0.373 e. The summed E-state index contributed by atoms with van der Waals surface area (Å²) in [5.41, 5.74) is 4.60. The van der Waals surface area contributed by atoms with Gasteiger partial charge in [-0.2, -0.15) is 0 Å². The zero-order chi connectivity index (χ0) is 21.5. The lowest BCUT2D eigenvalue weighted by atomic mass is 9.89. The van der Waals surface area contributed by atoms with Gasteiger partial charge in [0.05, 0.1) is 11.8 Å². The van der Waals surface area contributed by atoms with Gasteiger partial charge >= 0.3 is 0 Å². The molecule has 0 bridgehead atoms. The first-order chi connectivity index (χ1) is 15.2. The molecule has 0 saturated carbocycles. The van der Waals surface area contributed by atoms with Gasteiger partial charge < -0.3 is 19.8 Å². The molecule has 4 rings (SSSR count).